The van der Waals surface area contributed by atoms with Crippen LogP contribution in [0.25, 0.3) is 11.1 Å². The molecule has 1 atom stereocenters. The fraction of sp³-hybridized carbons (Fsp3) is 0.400. The molecule has 0 bridgehead atoms. The fourth-order valence-corrected chi connectivity index (χ4v) is 1.94. The predicted octanol–water partition coefficient (Wildman–Crippen LogP) is 4.16. The molecule has 3 nitrogen and oxygen atoms in total. The maximum absolute atomic E-state index is 5.59. The molecule has 3 heteroatoms. The Balaban J connectivity index is 2.11. The minimum Gasteiger partial charge on any atom is -0.441 e. The Labute approximate surface area is 108 Å². The van der Waals surface area contributed by atoms with E-state index >= 15 is 0 Å². The van der Waals surface area contributed by atoms with E-state index in [1.54, 1.807) is 0 Å². The first kappa shape index (κ1) is 12.7. The van der Waals surface area contributed by atoms with Gasteiger partial charge < -0.3 is 9.73 Å². The molecule has 2 aromatic rings. The molecule has 1 heterocycles. The molecule has 1 unspecified atom stereocenters. The summed E-state index contributed by atoms with van der Waals surface area (Å²) in [4.78, 5) is 4.44. The minimum absolute atomic E-state index is 0.429. The van der Waals surface area contributed by atoms with Crippen molar-refractivity contribution in [2.24, 2.45) is 0 Å². The molecule has 18 heavy (non-hydrogen) atoms. The normalized spacial score (nSPS) is 12.6. The van der Waals surface area contributed by atoms with Gasteiger partial charge in [-0.15, -0.1) is 6.58 Å². The number of anilines is 1. The van der Waals surface area contributed by atoms with Gasteiger partial charge in [0, 0.05) is 18.2 Å². The van der Waals surface area contributed by atoms with Crippen LogP contribution >= 0.6 is 0 Å². The third-order valence-corrected chi connectivity index (χ3v) is 2.95. The van der Waals surface area contributed by atoms with E-state index in [0.717, 1.165) is 41.9 Å². The van der Waals surface area contributed by atoms with Crippen molar-refractivity contribution in [1.29, 1.82) is 0 Å². The molecule has 96 valence electrons. The summed E-state index contributed by atoms with van der Waals surface area (Å²) in [5.41, 5.74) is 2.87. The summed E-state index contributed by atoms with van der Waals surface area (Å²) in [7, 11) is 0. The second-order valence-corrected chi connectivity index (χ2v) is 4.56. The summed E-state index contributed by atoms with van der Waals surface area (Å²) in [5, 5.41) is 3.47. The largest absolute Gasteiger partial charge is 0.441 e. The van der Waals surface area contributed by atoms with Gasteiger partial charge in [0.1, 0.15) is 5.52 Å². The summed E-state index contributed by atoms with van der Waals surface area (Å²) in [6.45, 7) is 7.96. The lowest BCUT2D eigenvalue weighted by atomic mass is 10.1. The van der Waals surface area contributed by atoms with E-state index in [-0.39, 0.29) is 0 Å². The standard InChI is InChI=1S/C15H20N2O/c1-4-6-7-11(3)16-12-8-9-14-13(10-12)17-15(5-2)18-14/h4,8-11,16H,1,5-7H2,2-3H3. The number of nitrogens with one attached hydrogen (secondary N) is 1. The maximum Gasteiger partial charge on any atom is 0.195 e. The summed E-state index contributed by atoms with van der Waals surface area (Å²) < 4.78 is 5.59. The zero-order valence-electron chi connectivity index (χ0n) is 11.1. The van der Waals surface area contributed by atoms with Crippen LogP contribution in [0.3, 0.4) is 0 Å². The Hall–Kier alpha value is -1.77. The number of aromatic nitrogens is 1. The van der Waals surface area contributed by atoms with Gasteiger partial charge in [-0.1, -0.05) is 13.0 Å². The number of oxazole rings is 1. The van der Waals surface area contributed by atoms with Crippen molar-refractivity contribution in [2.75, 3.05) is 5.32 Å². The third-order valence-electron chi connectivity index (χ3n) is 2.95. The lowest BCUT2D eigenvalue weighted by molar-refractivity contribution is 0.538. The quantitative estimate of drug-likeness (QED) is 0.775. The Morgan fingerprint density at radius 1 is 1.50 bits per heavy atom. The van der Waals surface area contributed by atoms with E-state index in [0.29, 0.717) is 6.04 Å². The van der Waals surface area contributed by atoms with E-state index in [2.05, 4.69) is 23.8 Å². The highest BCUT2D eigenvalue weighted by Crippen LogP contribution is 2.21. The average Bonchev–Trinajstić information content (AvgIpc) is 2.78. The summed E-state index contributed by atoms with van der Waals surface area (Å²) in [6.07, 6.45) is 4.89. The second kappa shape index (κ2) is 5.71. The molecule has 0 fully saturated rings. The van der Waals surface area contributed by atoms with E-state index in [4.69, 9.17) is 4.42 Å². The molecule has 0 saturated heterocycles. The van der Waals surface area contributed by atoms with Crippen LogP contribution in [-0.4, -0.2) is 11.0 Å². The van der Waals surface area contributed by atoms with Gasteiger partial charge in [0.15, 0.2) is 11.5 Å². The van der Waals surface area contributed by atoms with Gasteiger partial charge in [0.2, 0.25) is 0 Å². The van der Waals surface area contributed by atoms with Crippen molar-refractivity contribution in [3.05, 3.63) is 36.7 Å². The number of benzene rings is 1. The fourth-order valence-electron chi connectivity index (χ4n) is 1.94. The van der Waals surface area contributed by atoms with Crippen LogP contribution in [0.2, 0.25) is 0 Å². The lowest BCUT2D eigenvalue weighted by Crippen LogP contribution is -2.14. The highest BCUT2D eigenvalue weighted by molar-refractivity contribution is 5.77. The molecule has 0 amide bonds. The summed E-state index contributed by atoms with van der Waals surface area (Å²) in [5.74, 6) is 0.793. The van der Waals surface area contributed by atoms with Crippen molar-refractivity contribution < 1.29 is 4.42 Å². The Bertz CT molecular complexity index is 530. The van der Waals surface area contributed by atoms with Gasteiger partial charge >= 0.3 is 0 Å². The van der Waals surface area contributed by atoms with Crippen molar-refractivity contribution in [3.8, 4) is 0 Å². The Kier molecular flexibility index (Phi) is 4.03. The molecule has 2 rings (SSSR count). The molecule has 0 aliphatic carbocycles. The SMILES string of the molecule is C=CCCC(C)Nc1ccc2oc(CC)nc2c1. The number of rotatable bonds is 6. The highest BCUT2D eigenvalue weighted by atomic mass is 16.3. The van der Waals surface area contributed by atoms with E-state index < -0.39 is 0 Å². The second-order valence-electron chi connectivity index (χ2n) is 4.56. The summed E-state index contributed by atoms with van der Waals surface area (Å²) >= 11 is 0. The molecule has 0 radical (unpaired) electrons. The number of hydrogen-bond acceptors (Lipinski definition) is 3. The molecular formula is C15H20N2O. The molecule has 1 N–H and O–H groups in total. The molecule has 0 spiro atoms. The van der Waals surface area contributed by atoms with Crippen LogP contribution in [-0.2, 0) is 6.42 Å². The topological polar surface area (TPSA) is 38.1 Å². The van der Waals surface area contributed by atoms with Gasteiger partial charge in [0.25, 0.3) is 0 Å². The lowest BCUT2D eigenvalue weighted by Gasteiger charge is -2.13. The smallest absolute Gasteiger partial charge is 0.195 e. The highest BCUT2D eigenvalue weighted by Gasteiger charge is 2.06. The van der Waals surface area contributed by atoms with Crippen LogP contribution in [0.5, 0.6) is 0 Å². The zero-order valence-corrected chi connectivity index (χ0v) is 11.1. The molecule has 1 aromatic carbocycles. The predicted molar refractivity (Wildman–Crippen MR) is 75.9 cm³/mol. The monoisotopic (exact) mass is 244 g/mol. The zero-order chi connectivity index (χ0) is 13.0. The maximum atomic E-state index is 5.59. The van der Waals surface area contributed by atoms with Crippen LogP contribution in [0, 0.1) is 0 Å². The number of hydrogen-bond donors (Lipinski definition) is 1. The molecular weight excluding hydrogens is 224 g/mol. The van der Waals surface area contributed by atoms with Gasteiger partial charge in [-0.3, -0.25) is 0 Å². The first-order valence-electron chi connectivity index (χ1n) is 6.49. The van der Waals surface area contributed by atoms with E-state index in [1.807, 2.05) is 31.2 Å². The van der Waals surface area contributed by atoms with Crippen molar-refractivity contribution in [1.82, 2.24) is 4.98 Å². The van der Waals surface area contributed by atoms with Gasteiger partial charge in [-0.25, -0.2) is 4.98 Å². The van der Waals surface area contributed by atoms with E-state index in [1.165, 1.54) is 0 Å². The molecule has 1 aromatic heterocycles. The van der Waals surface area contributed by atoms with Crippen LogP contribution in [0.4, 0.5) is 5.69 Å². The van der Waals surface area contributed by atoms with Crippen molar-refractivity contribution in [3.63, 3.8) is 0 Å². The minimum atomic E-state index is 0.429. The molecule has 0 aliphatic heterocycles. The molecule has 0 aliphatic rings. The first-order valence-corrected chi connectivity index (χ1v) is 6.49. The van der Waals surface area contributed by atoms with Gasteiger partial charge in [-0.2, -0.15) is 0 Å². The first-order chi connectivity index (χ1) is 8.72. The van der Waals surface area contributed by atoms with Crippen molar-refractivity contribution >= 4 is 16.8 Å². The van der Waals surface area contributed by atoms with E-state index in [9.17, 15) is 0 Å². The Morgan fingerprint density at radius 2 is 2.33 bits per heavy atom. The number of aryl methyl sites for hydroxylation is 1. The van der Waals surface area contributed by atoms with Crippen molar-refractivity contribution in [2.45, 2.75) is 39.2 Å². The molecule has 0 saturated carbocycles. The summed E-state index contributed by atoms with van der Waals surface area (Å²) in [6, 6.07) is 6.49. The number of allylic oxidation sites excluding steroid dienone is 1. The van der Waals surface area contributed by atoms with Crippen LogP contribution in [0.15, 0.2) is 35.3 Å². The van der Waals surface area contributed by atoms with Crippen LogP contribution in [0.1, 0.15) is 32.6 Å². The van der Waals surface area contributed by atoms with Gasteiger partial charge in [0.05, 0.1) is 0 Å². The average molecular weight is 244 g/mol. The number of nitrogens with zero attached hydrogens (tertiary/aromatic N) is 1. The third kappa shape index (κ3) is 2.92. The Morgan fingerprint density at radius 3 is 3.06 bits per heavy atom. The van der Waals surface area contributed by atoms with Gasteiger partial charge in [-0.05, 0) is 38.0 Å². The van der Waals surface area contributed by atoms with Crippen LogP contribution < -0.4 is 5.32 Å². The number of fused-ring (bicyclic) bond motifs is 1.